The van der Waals surface area contributed by atoms with Crippen molar-refractivity contribution in [1.29, 1.82) is 0 Å². The highest BCUT2D eigenvalue weighted by atomic mass is 35.5. The van der Waals surface area contributed by atoms with E-state index < -0.39 is 0 Å². The summed E-state index contributed by atoms with van der Waals surface area (Å²) in [6.07, 6.45) is 0. The van der Waals surface area contributed by atoms with Gasteiger partial charge in [0, 0.05) is 48.9 Å². The van der Waals surface area contributed by atoms with Crippen LogP contribution in [-0.2, 0) is 6.54 Å². The summed E-state index contributed by atoms with van der Waals surface area (Å²) in [6.45, 7) is 2.74. The summed E-state index contributed by atoms with van der Waals surface area (Å²) < 4.78 is 14.0. The molecule has 0 aliphatic carbocycles. The molecule has 9 heteroatoms. The Hall–Kier alpha value is -2.12. The Bertz CT molecular complexity index is 1060. The average Bonchev–Trinajstić information content (AvgIpc) is 3.23. The summed E-state index contributed by atoms with van der Waals surface area (Å²) in [5.74, 6) is -0.439. The topological polar surface area (TPSA) is 52.2 Å². The maximum atomic E-state index is 14.0. The van der Waals surface area contributed by atoms with Gasteiger partial charge in [-0.2, -0.15) is 5.10 Å². The lowest BCUT2D eigenvalue weighted by molar-refractivity contribution is 0.0621. The second-order valence-corrected chi connectivity index (χ2v) is 8.29. The smallest absolute Gasteiger partial charge is 0.271 e. The summed E-state index contributed by atoms with van der Waals surface area (Å²) in [5.41, 5.74) is 2.27. The highest BCUT2D eigenvalue weighted by Crippen LogP contribution is 2.28. The van der Waals surface area contributed by atoms with Crippen LogP contribution in [-0.4, -0.2) is 52.1 Å². The summed E-state index contributed by atoms with van der Waals surface area (Å²) in [4.78, 5) is 16.7. The fourth-order valence-corrected chi connectivity index (χ4v) is 3.94. The Kier molecular flexibility index (Phi) is 6.29. The molecule has 0 unspecified atom stereocenters. The molecule has 156 valence electrons. The lowest BCUT2D eigenvalue weighted by Gasteiger charge is -2.34. The number of halogens is 4. The largest absolute Gasteiger partial charge is 0.335 e. The van der Waals surface area contributed by atoms with Gasteiger partial charge < -0.3 is 4.90 Å². The molecule has 1 amide bonds. The molecule has 30 heavy (non-hydrogen) atoms. The average molecular weight is 468 g/mol. The number of benzene rings is 2. The van der Waals surface area contributed by atoms with Gasteiger partial charge in [0.2, 0.25) is 0 Å². The minimum Gasteiger partial charge on any atom is -0.335 e. The van der Waals surface area contributed by atoms with Crippen molar-refractivity contribution in [3.8, 4) is 11.3 Å². The quantitative estimate of drug-likeness (QED) is 0.578. The molecule has 1 saturated heterocycles. The molecular formula is C21H18Cl3FN4O. The minimum absolute atomic E-state index is 0.127. The van der Waals surface area contributed by atoms with Crippen LogP contribution in [0.4, 0.5) is 4.39 Å². The Balaban J connectivity index is 1.39. The molecule has 4 rings (SSSR count). The predicted octanol–water partition coefficient (Wildman–Crippen LogP) is 5.13. The molecule has 0 spiro atoms. The van der Waals surface area contributed by atoms with Gasteiger partial charge in [0.1, 0.15) is 11.5 Å². The van der Waals surface area contributed by atoms with E-state index in [0.29, 0.717) is 64.7 Å². The van der Waals surface area contributed by atoms with Gasteiger partial charge in [0.05, 0.1) is 15.7 Å². The van der Waals surface area contributed by atoms with Crippen LogP contribution in [0.3, 0.4) is 0 Å². The predicted molar refractivity (Wildman–Crippen MR) is 117 cm³/mol. The molecule has 0 atom stereocenters. The summed E-state index contributed by atoms with van der Waals surface area (Å²) in [7, 11) is 0. The normalized spacial score (nSPS) is 14.9. The molecule has 1 aliphatic heterocycles. The molecule has 5 nitrogen and oxygen atoms in total. The van der Waals surface area contributed by atoms with Crippen molar-refractivity contribution in [2.75, 3.05) is 26.2 Å². The van der Waals surface area contributed by atoms with E-state index in [-0.39, 0.29) is 11.7 Å². The van der Waals surface area contributed by atoms with Gasteiger partial charge in [-0.25, -0.2) is 4.39 Å². The molecular weight excluding hydrogens is 450 g/mol. The number of hydrogen-bond donors (Lipinski definition) is 1. The number of H-pyrrole nitrogens is 1. The molecule has 0 radical (unpaired) electrons. The first-order valence-corrected chi connectivity index (χ1v) is 10.5. The number of rotatable bonds is 4. The molecule has 3 aromatic rings. The van der Waals surface area contributed by atoms with Gasteiger partial charge in [-0.3, -0.25) is 14.8 Å². The number of carbonyl (C=O) groups excluding carboxylic acids is 1. The van der Waals surface area contributed by atoms with Crippen LogP contribution in [0.25, 0.3) is 11.3 Å². The highest BCUT2D eigenvalue weighted by Gasteiger charge is 2.24. The Morgan fingerprint density at radius 3 is 2.47 bits per heavy atom. The van der Waals surface area contributed by atoms with Crippen molar-refractivity contribution < 1.29 is 9.18 Å². The van der Waals surface area contributed by atoms with Crippen LogP contribution in [0.2, 0.25) is 15.1 Å². The number of aromatic amines is 1. The van der Waals surface area contributed by atoms with E-state index in [1.54, 1.807) is 41.3 Å². The second kappa shape index (κ2) is 8.94. The fraction of sp³-hybridized carbons (Fsp3) is 0.238. The zero-order chi connectivity index (χ0) is 21.3. The van der Waals surface area contributed by atoms with Crippen molar-refractivity contribution in [2.45, 2.75) is 6.54 Å². The first-order chi connectivity index (χ1) is 14.4. The van der Waals surface area contributed by atoms with E-state index in [1.807, 2.05) is 0 Å². The van der Waals surface area contributed by atoms with Gasteiger partial charge in [0.25, 0.3) is 5.91 Å². The third kappa shape index (κ3) is 4.47. The van der Waals surface area contributed by atoms with Crippen LogP contribution in [0.15, 0.2) is 42.5 Å². The Morgan fingerprint density at radius 2 is 1.77 bits per heavy atom. The maximum absolute atomic E-state index is 14.0. The van der Waals surface area contributed by atoms with Crippen molar-refractivity contribution >= 4 is 40.7 Å². The minimum atomic E-state index is -0.312. The molecule has 2 aromatic carbocycles. The third-order valence-electron chi connectivity index (χ3n) is 5.13. The van der Waals surface area contributed by atoms with Gasteiger partial charge in [-0.05, 0) is 30.3 Å². The molecule has 1 fully saturated rings. The van der Waals surface area contributed by atoms with Crippen molar-refractivity contribution in [2.24, 2.45) is 0 Å². The van der Waals surface area contributed by atoms with Crippen LogP contribution in [0, 0.1) is 5.82 Å². The first-order valence-electron chi connectivity index (χ1n) is 9.37. The molecule has 0 bridgehead atoms. The third-order valence-corrected chi connectivity index (χ3v) is 6.22. The number of nitrogens with one attached hydrogen (secondary N) is 1. The van der Waals surface area contributed by atoms with E-state index >= 15 is 0 Å². The molecule has 1 aromatic heterocycles. The Morgan fingerprint density at radius 1 is 1.00 bits per heavy atom. The van der Waals surface area contributed by atoms with Gasteiger partial charge in [-0.1, -0.05) is 46.9 Å². The van der Waals surface area contributed by atoms with Crippen LogP contribution < -0.4 is 0 Å². The maximum Gasteiger partial charge on any atom is 0.271 e. The fourth-order valence-electron chi connectivity index (χ4n) is 3.42. The van der Waals surface area contributed by atoms with E-state index in [4.69, 9.17) is 34.8 Å². The van der Waals surface area contributed by atoms with Crippen LogP contribution in [0.1, 0.15) is 16.1 Å². The van der Waals surface area contributed by atoms with Crippen LogP contribution in [0.5, 0.6) is 0 Å². The number of aromatic nitrogens is 2. The van der Waals surface area contributed by atoms with Crippen molar-refractivity contribution in [3.63, 3.8) is 0 Å². The summed E-state index contributed by atoms with van der Waals surface area (Å²) in [5, 5.41) is 8.33. The number of nitrogens with zero attached hydrogens (tertiary/aromatic N) is 3. The highest BCUT2D eigenvalue weighted by molar-refractivity contribution is 6.42. The second-order valence-electron chi connectivity index (χ2n) is 7.06. The van der Waals surface area contributed by atoms with Crippen molar-refractivity contribution in [1.82, 2.24) is 20.0 Å². The SMILES string of the molecule is O=C(c1cc(-c2ccc(Cl)c(Cl)c2)n[nH]1)N1CCN(Cc2c(F)cccc2Cl)CC1. The molecule has 1 aliphatic rings. The van der Waals surface area contributed by atoms with E-state index in [2.05, 4.69) is 15.1 Å². The number of piperazine rings is 1. The van der Waals surface area contributed by atoms with Gasteiger partial charge in [0.15, 0.2) is 0 Å². The summed E-state index contributed by atoms with van der Waals surface area (Å²) in [6, 6.07) is 11.6. The zero-order valence-electron chi connectivity index (χ0n) is 15.8. The zero-order valence-corrected chi connectivity index (χ0v) is 18.1. The Labute approximate surface area is 188 Å². The van der Waals surface area contributed by atoms with Gasteiger partial charge in [-0.15, -0.1) is 0 Å². The molecule has 0 saturated carbocycles. The standard InChI is InChI=1S/C21H18Cl3FN4O/c22-15-2-1-3-18(25)14(15)12-28-6-8-29(9-7-28)21(30)20-11-19(26-27-20)13-4-5-16(23)17(24)10-13/h1-5,10-11H,6-9,12H2,(H,26,27). The number of carbonyl (C=O) groups is 1. The number of hydrogen-bond acceptors (Lipinski definition) is 3. The van der Waals surface area contributed by atoms with E-state index in [9.17, 15) is 9.18 Å². The van der Waals surface area contributed by atoms with Crippen LogP contribution >= 0.6 is 34.8 Å². The first kappa shape index (κ1) is 21.1. The van der Waals surface area contributed by atoms with E-state index in [0.717, 1.165) is 5.56 Å². The molecule has 1 N–H and O–H groups in total. The van der Waals surface area contributed by atoms with E-state index in [1.165, 1.54) is 6.07 Å². The van der Waals surface area contributed by atoms with Crippen molar-refractivity contribution in [3.05, 3.63) is 74.6 Å². The monoisotopic (exact) mass is 466 g/mol. The lowest BCUT2D eigenvalue weighted by Crippen LogP contribution is -2.48. The number of amides is 1. The summed E-state index contributed by atoms with van der Waals surface area (Å²) >= 11 is 18.1. The van der Waals surface area contributed by atoms with Gasteiger partial charge >= 0.3 is 0 Å². The molecule has 2 heterocycles. The lowest BCUT2D eigenvalue weighted by atomic mass is 10.1.